The third-order valence-corrected chi connectivity index (χ3v) is 4.82. The van der Waals surface area contributed by atoms with Gasteiger partial charge in [0.05, 0.1) is 9.83 Å². The van der Waals surface area contributed by atoms with Gasteiger partial charge < -0.3 is 4.90 Å². The smallest absolute Gasteiger partial charge is 0.156 e. The fourth-order valence-corrected chi connectivity index (χ4v) is 3.59. The van der Waals surface area contributed by atoms with Crippen LogP contribution in [0.5, 0.6) is 0 Å². The van der Waals surface area contributed by atoms with Crippen LogP contribution in [-0.2, 0) is 11.2 Å². The molecule has 1 aromatic heterocycles. The quantitative estimate of drug-likeness (QED) is 0.850. The van der Waals surface area contributed by atoms with E-state index in [1.54, 1.807) is 11.3 Å². The third-order valence-electron chi connectivity index (χ3n) is 3.20. The summed E-state index contributed by atoms with van der Waals surface area (Å²) >= 11 is 5.07. The number of rotatable bonds is 3. The highest BCUT2D eigenvalue weighted by Crippen LogP contribution is 2.23. The van der Waals surface area contributed by atoms with Crippen molar-refractivity contribution < 1.29 is 4.79 Å². The molecular weight excluding hydrogens is 300 g/mol. The Morgan fingerprint density at radius 3 is 2.88 bits per heavy atom. The SMILES string of the molecule is CN1CCN(C)C(C(=O)Cc2ccc(Br)s2)C1. The maximum atomic E-state index is 12.3. The minimum atomic E-state index is 0.0506. The van der Waals surface area contributed by atoms with Crippen LogP contribution in [0.4, 0.5) is 0 Å². The molecule has 0 spiro atoms. The second-order valence-corrected chi connectivity index (χ2v) is 7.16. The molecule has 1 aliphatic heterocycles. The summed E-state index contributed by atoms with van der Waals surface area (Å²) in [5.74, 6) is 0.327. The fourth-order valence-electron chi connectivity index (χ4n) is 2.09. The number of carbonyl (C=O) groups excluding carboxylic acids is 1. The number of carbonyl (C=O) groups is 1. The van der Waals surface area contributed by atoms with Gasteiger partial charge in [0, 0.05) is 30.9 Å². The molecule has 0 amide bonds. The molecule has 0 radical (unpaired) electrons. The maximum absolute atomic E-state index is 12.3. The lowest BCUT2D eigenvalue weighted by Crippen LogP contribution is -2.53. The van der Waals surface area contributed by atoms with Crippen molar-refractivity contribution in [1.29, 1.82) is 0 Å². The van der Waals surface area contributed by atoms with Gasteiger partial charge in [-0.05, 0) is 42.2 Å². The van der Waals surface area contributed by atoms with Crippen molar-refractivity contribution in [2.24, 2.45) is 0 Å². The molecule has 94 valence electrons. The summed E-state index contributed by atoms with van der Waals surface area (Å²) in [7, 11) is 4.12. The van der Waals surface area contributed by atoms with E-state index in [2.05, 4.69) is 32.8 Å². The van der Waals surface area contributed by atoms with Crippen molar-refractivity contribution in [3.05, 3.63) is 20.8 Å². The van der Waals surface area contributed by atoms with Crippen molar-refractivity contribution in [3.63, 3.8) is 0 Å². The Hall–Kier alpha value is -0.230. The fraction of sp³-hybridized carbons (Fsp3) is 0.583. The van der Waals surface area contributed by atoms with E-state index < -0.39 is 0 Å². The van der Waals surface area contributed by atoms with Gasteiger partial charge in [0.1, 0.15) is 0 Å². The van der Waals surface area contributed by atoms with Crippen LogP contribution >= 0.6 is 27.3 Å². The van der Waals surface area contributed by atoms with Crippen molar-refractivity contribution >= 4 is 33.0 Å². The highest BCUT2D eigenvalue weighted by atomic mass is 79.9. The summed E-state index contributed by atoms with van der Waals surface area (Å²) in [5.41, 5.74) is 0. The monoisotopic (exact) mass is 316 g/mol. The predicted molar refractivity (Wildman–Crippen MR) is 74.6 cm³/mol. The molecule has 1 fully saturated rings. The summed E-state index contributed by atoms with van der Waals surface area (Å²) in [5, 5.41) is 0. The minimum absolute atomic E-state index is 0.0506. The van der Waals surface area contributed by atoms with Crippen LogP contribution < -0.4 is 0 Å². The standard InChI is InChI=1S/C12H17BrN2OS/c1-14-5-6-15(2)10(8-14)11(16)7-9-3-4-12(13)17-9/h3-4,10H,5-8H2,1-2H3. The van der Waals surface area contributed by atoms with Crippen LogP contribution in [0, 0.1) is 0 Å². The molecule has 1 saturated heterocycles. The molecule has 0 aromatic carbocycles. The molecule has 17 heavy (non-hydrogen) atoms. The van der Waals surface area contributed by atoms with Gasteiger partial charge >= 0.3 is 0 Å². The van der Waals surface area contributed by atoms with Crippen molar-refractivity contribution in [1.82, 2.24) is 9.80 Å². The first-order valence-corrected chi connectivity index (χ1v) is 7.33. The molecule has 1 atom stereocenters. The Balaban J connectivity index is 1.99. The van der Waals surface area contributed by atoms with Gasteiger partial charge in [0.25, 0.3) is 0 Å². The molecule has 0 N–H and O–H groups in total. The lowest BCUT2D eigenvalue weighted by Gasteiger charge is -2.36. The number of halogens is 1. The van der Waals surface area contributed by atoms with Gasteiger partial charge in [-0.1, -0.05) is 0 Å². The largest absolute Gasteiger partial charge is 0.303 e. The van der Waals surface area contributed by atoms with E-state index in [0.717, 1.165) is 28.3 Å². The summed E-state index contributed by atoms with van der Waals surface area (Å²) < 4.78 is 1.09. The van der Waals surface area contributed by atoms with Crippen LogP contribution in [-0.4, -0.2) is 55.4 Å². The third kappa shape index (κ3) is 3.37. The Labute approximate surface area is 115 Å². The van der Waals surface area contributed by atoms with Crippen molar-refractivity contribution in [2.45, 2.75) is 12.5 Å². The predicted octanol–water partition coefficient (Wildman–Crippen LogP) is 1.87. The number of likely N-dealkylation sites (N-methyl/N-ethyl adjacent to an activating group) is 2. The van der Waals surface area contributed by atoms with E-state index in [0.29, 0.717) is 12.2 Å². The maximum Gasteiger partial charge on any atom is 0.156 e. The number of hydrogen-bond donors (Lipinski definition) is 0. The van der Waals surface area contributed by atoms with Crippen LogP contribution in [0.2, 0.25) is 0 Å². The molecular formula is C12H17BrN2OS. The molecule has 2 rings (SSSR count). The van der Waals surface area contributed by atoms with Gasteiger partial charge in [-0.15, -0.1) is 11.3 Å². The zero-order chi connectivity index (χ0) is 12.4. The van der Waals surface area contributed by atoms with E-state index in [9.17, 15) is 4.79 Å². The molecule has 1 aliphatic rings. The zero-order valence-electron chi connectivity index (χ0n) is 10.1. The summed E-state index contributed by atoms with van der Waals surface area (Å²) in [6.45, 7) is 2.87. The second kappa shape index (κ2) is 5.61. The summed E-state index contributed by atoms with van der Waals surface area (Å²) in [6, 6.07) is 4.08. The van der Waals surface area contributed by atoms with Gasteiger partial charge in [-0.3, -0.25) is 9.69 Å². The van der Waals surface area contributed by atoms with E-state index in [-0.39, 0.29) is 6.04 Å². The molecule has 3 nitrogen and oxygen atoms in total. The van der Waals surface area contributed by atoms with E-state index >= 15 is 0 Å². The van der Waals surface area contributed by atoms with Gasteiger partial charge in [-0.2, -0.15) is 0 Å². The molecule has 1 aromatic rings. The number of piperazine rings is 1. The first kappa shape index (κ1) is 13.2. The second-order valence-electron chi connectivity index (χ2n) is 4.61. The molecule has 1 unspecified atom stereocenters. The topological polar surface area (TPSA) is 23.6 Å². The Kier molecular flexibility index (Phi) is 4.36. The number of Topliss-reactive ketones (excluding diaryl/α,β-unsaturated/α-hetero) is 1. The van der Waals surface area contributed by atoms with Crippen LogP contribution in [0.15, 0.2) is 15.9 Å². The van der Waals surface area contributed by atoms with Gasteiger partial charge in [-0.25, -0.2) is 0 Å². The van der Waals surface area contributed by atoms with Crippen molar-refractivity contribution in [2.75, 3.05) is 33.7 Å². The Morgan fingerprint density at radius 2 is 2.24 bits per heavy atom. The lowest BCUT2D eigenvalue weighted by atomic mass is 10.1. The first-order chi connectivity index (χ1) is 8.06. The number of hydrogen-bond acceptors (Lipinski definition) is 4. The minimum Gasteiger partial charge on any atom is -0.303 e. The highest BCUT2D eigenvalue weighted by molar-refractivity contribution is 9.11. The molecule has 0 saturated carbocycles. The average molecular weight is 317 g/mol. The molecule has 2 heterocycles. The van der Waals surface area contributed by atoms with Crippen molar-refractivity contribution in [3.8, 4) is 0 Å². The number of nitrogens with zero attached hydrogens (tertiary/aromatic N) is 2. The molecule has 5 heteroatoms. The number of thiophene rings is 1. The van der Waals surface area contributed by atoms with E-state index in [1.807, 2.05) is 19.2 Å². The number of ketones is 1. The zero-order valence-corrected chi connectivity index (χ0v) is 12.6. The lowest BCUT2D eigenvalue weighted by molar-refractivity contribution is -0.125. The van der Waals surface area contributed by atoms with Crippen LogP contribution in [0.25, 0.3) is 0 Å². The highest BCUT2D eigenvalue weighted by Gasteiger charge is 2.28. The first-order valence-electron chi connectivity index (χ1n) is 5.72. The molecule has 0 bridgehead atoms. The van der Waals surface area contributed by atoms with Gasteiger partial charge in [0.15, 0.2) is 5.78 Å². The normalized spacial score (nSPS) is 22.9. The average Bonchev–Trinajstić information content (AvgIpc) is 2.67. The Bertz CT molecular complexity index is 407. The van der Waals surface area contributed by atoms with Crippen LogP contribution in [0.3, 0.4) is 0 Å². The van der Waals surface area contributed by atoms with Crippen LogP contribution in [0.1, 0.15) is 4.88 Å². The summed E-state index contributed by atoms with van der Waals surface area (Å²) in [6.07, 6.45) is 0.555. The summed E-state index contributed by atoms with van der Waals surface area (Å²) in [4.78, 5) is 17.8. The molecule has 0 aliphatic carbocycles. The van der Waals surface area contributed by atoms with E-state index in [4.69, 9.17) is 0 Å². The van der Waals surface area contributed by atoms with E-state index in [1.165, 1.54) is 0 Å². The Morgan fingerprint density at radius 1 is 1.47 bits per heavy atom. The van der Waals surface area contributed by atoms with Gasteiger partial charge in [0.2, 0.25) is 0 Å².